The van der Waals surface area contributed by atoms with Gasteiger partial charge in [-0.3, -0.25) is 19.3 Å². The van der Waals surface area contributed by atoms with Gasteiger partial charge in [0.05, 0.1) is 29.9 Å². The van der Waals surface area contributed by atoms with E-state index in [2.05, 4.69) is 15.4 Å². The fourth-order valence-corrected chi connectivity index (χ4v) is 3.96. The molecule has 2 aliphatic rings. The summed E-state index contributed by atoms with van der Waals surface area (Å²) in [6, 6.07) is 1.09. The molecule has 1 aliphatic heterocycles. The van der Waals surface area contributed by atoms with E-state index in [-0.39, 0.29) is 29.7 Å². The minimum atomic E-state index is -0.875. The molecule has 28 heavy (non-hydrogen) atoms. The first-order valence-electron chi connectivity index (χ1n) is 9.54. The summed E-state index contributed by atoms with van der Waals surface area (Å²) in [5.74, 6) is -1.60. The number of aromatic nitrogens is 3. The number of hydrogen-bond acceptors (Lipinski definition) is 5. The van der Waals surface area contributed by atoms with Crippen LogP contribution in [0.1, 0.15) is 39.7 Å². The molecule has 1 fully saturated rings. The number of fused-ring (bicyclic) bond motifs is 2. The molecule has 1 saturated heterocycles. The molecule has 3 amide bonds. The maximum absolute atomic E-state index is 12.7. The predicted octanol–water partition coefficient (Wildman–Crippen LogP) is 2.29. The molecule has 2 aromatic rings. The summed E-state index contributed by atoms with van der Waals surface area (Å²) in [4.78, 5) is 43.6. The topological polar surface area (TPSA) is 97.2 Å². The quantitative estimate of drug-likeness (QED) is 0.647. The molecular formula is C20H23N5O3. The Hall–Kier alpha value is -3.03. The van der Waals surface area contributed by atoms with Gasteiger partial charge in [0.1, 0.15) is 6.04 Å². The third-order valence-corrected chi connectivity index (χ3v) is 5.50. The van der Waals surface area contributed by atoms with Crippen molar-refractivity contribution >= 4 is 34.4 Å². The van der Waals surface area contributed by atoms with Crippen LogP contribution in [0.15, 0.2) is 30.6 Å². The molecule has 2 aromatic heterocycles. The van der Waals surface area contributed by atoms with Gasteiger partial charge in [-0.2, -0.15) is 5.10 Å². The van der Waals surface area contributed by atoms with Crippen molar-refractivity contribution < 1.29 is 14.4 Å². The van der Waals surface area contributed by atoms with Gasteiger partial charge in [-0.15, -0.1) is 0 Å². The van der Waals surface area contributed by atoms with E-state index < -0.39 is 11.9 Å². The Morgan fingerprint density at radius 1 is 1.11 bits per heavy atom. The first-order chi connectivity index (χ1) is 13.4. The summed E-state index contributed by atoms with van der Waals surface area (Å²) < 4.78 is 1.81. The van der Waals surface area contributed by atoms with Crippen LogP contribution in [-0.2, 0) is 14.4 Å². The highest BCUT2D eigenvalue weighted by Gasteiger charge is 2.50. The summed E-state index contributed by atoms with van der Waals surface area (Å²) in [5, 5.41) is 7.89. The van der Waals surface area contributed by atoms with Gasteiger partial charge in [-0.05, 0) is 39.7 Å². The maximum Gasteiger partial charge on any atom is 0.247 e. The highest BCUT2D eigenvalue weighted by atomic mass is 16.2. The van der Waals surface area contributed by atoms with E-state index in [9.17, 15) is 14.4 Å². The Bertz CT molecular complexity index is 967. The first kappa shape index (κ1) is 18.3. The average Bonchev–Trinajstić information content (AvgIpc) is 3.21. The second-order valence-electron chi connectivity index (χ2n) is 7.69. The lowest BCUT2D eigenvalue weighted by Crippen LogP contribution is -2.46. The van der Waals surface area contributed by atoms with E-state index in [1.54, 1.807) is 30.1 Å². The number of nitrogens with one attached hydrogen (secondary N) is 1. The molecule has 8 nitrogen and oxygen atoms in total. The van der Waals surface area contributed by atoms with E-state index in [1.165, 1.54) is 0 Å². The second kappa shape index (κ2) is 6.85. The van der Waals surface area contributed by atoms with Gasteiger partial charge in [-0.1, -0.05) is 12.2 Å². The minimum absolute atomic E-state index is 0.177. The van der Waals surface area contributed by atoms with E-state index >= 15 is 0 Å². The highest BCUT2D eigenvalue weighted by Crippen LogP contribution is 2.36. The van der Waals surface area contributed by atoms with Gasteiger partial charge in [0, 0.05) is 11.4 Å². The van der Waals surface area contributed by atoms with Crippen molar-refractivity contribution in [2.24, 2.45) is 11.8 Å². The number of imide groups is 1. The number of rotatable bonds is 4. The van der Waals surface area contributed by atoms with Crippen LogP contribution < -0.4 is 5.32 Å². The van der Waals surface area contributed by atoms with Crippen molar-refractivity contribution in [1.82, 2.24) is 19.7 Å². The van der Waals surface area contributed by atoms with Crippen LogP contribution in [0.4, 0.5) is 5.69 Å². The zero-order valence-electron chi connectivity index (χ0n) is 16.1. The molecule has 1 N–H and O–H groups in total. The highest BCUT2D eigenvalue weighted by molar-refractivity contribution is 6.10. The molecule has 8 heteroatoms. The van der Waals surface area contributed by atoms with Crippen LogP contribution in [0, 0.1) is 11.8 Å². The zero-order valence-corrected chi connectivity index (χ0v) is 16.1. The molecule has 3 atom stereocenters. The number of pyridine rings is 1. The Labute approximate surface area is 162 Å². The molecule has 146 valence electrons. The number of likely N-dealkylation sites (tertiary alicyclic amines) is 1. The summed E-state index contributed by atoms with van der Waals surface area (Å²) >= 11 is 0. The number of carbonyl (C=O) groups is 3. The summed E-state index contributed by atoms with van der Waals surface area (Å²) in [6.07, 6.45) is 8.23. The number of nitrogens with zero attached hydrogens (tertiary/aromatic N) is 4. The smallest absolute Gasteiger partial charge is 0.247 e. The van der Waals surface area contributed by atoms with Gasteiger partial charge in [-0.25, -0.2) is 9.67 Å². The van der Waals surface area contributed by atoms with Crippen LogP contribution in [0.2, 0.25) is 0 Å². The van der Waals surface area contributed by atoms with E-state index in [0.717, 1.165) is 15.9 Å². The fraction of sp³-hybridized carbons (Fsp3) is 0.450. The number of anilines is 1. The van der Waals surface area contributed by atoms with Crippen LogP contribution in [-0.4, -0.2) is 43.4 Å². The summed E-state index contributed by atoms with van der Waals surface area (Å²) in [5.41, 5.74) is 1.24. The number of carbonyl (C=O) groups excluding carboxylic acids is 3. The lowest BCUT2D eigenvalue weighted by Gasteiger charge is -2.22. The third-order valence-electron chi connectivity index (χ3n) is 5.50. The van der Waals surface area contributed by atoms with Crippen LogP contribution in [0.25, 0.3) is 11.0 Å². The van der Waals surface area contributed by atoms with E-state index in [1.807, 2.05) is 26.0 Å². The van der Waals surface area contributed by atoms with Crippen LogP contribution in [0.3, 0.4) is 0 Å². The maximum atomic E-state index is 12.7. The number of allylic oxidation sites excluding steroid dienone is 2. The Kier molecular flexibility index (Phi) is 4.49. The molecule has 0 aromatic carbocycles. The molecule has 3 heterocycles. The third kappa shape index (κ3) is 2.89. The first-order valence-corrected chi connectivity index (χ1v) is 9.54. The lowest BCUT2D eigenvalue weighted by molar-refractivity contribution is -0.146. The molecule has 1 aliphatic carbocycles. The molecule has 0 bridgehead atoms. The molecular weight excluding hydrogens is 358 g/mol. The molecule has 0 radical (unpaired) electrons. The molecule has 0 unspecified atom stereocenters. The summed E-state index contributed by atoms with van der Waals surface area (Å²) in [6.45, 7) is 5.62. The zero-order chi connectivity index (χ0) is 20.0. The second-order valence-corrected chi connectivity index (χ2v) is 7.69. The normalized spacial score (nSPS) is 22.8. The van der Waals surface area contributed by atoms with Crippen molar-refractivity contribution in [2.45, 2.75) is 45.7 Å². The molecule has 0 spiro atoms. The van der Waals surface area contributed by atoms with Gasteiger partial charge >= 0.3 is 0 Å². The van der Waals surface area contributed by atoms with Crippen molar-refractivity contribution in [2.75, 3.05) is 5.32 Å². The predicted molar refractivity (Wildman–Crippen MR) is 103 cm³/mol. The number of hydrogen-bond donors (Lipinski definition) is 1. The van der Waals surface area contributed by atoms with Crippen molar-refractivity contribution in [3.63, 3.8) is 0 Å². The van der Waals surface area contributed by atoms with E-state index in [4.69, 9.17) is 0 Å². The molecule has 0 saturated carbocycles. The van der Waals surface area contributed by atoms with Crippen LogP contribution in [0.5, 0.6) is 0 Å². The van der Waals surface area contributed by atoms with Gasteiger partial charge in [0.15, 0.2) is 5.65 Å². The van der Waals surface area contributed by atoms with Gasteiger partial charge < -0.3 is 5.32 Å². The fourth-order valence-electron chi connectivity index (χ4n) is 3.96. The van der Waals surface area contributed by atoms with Gasteiger partial charge in [0.2, 0.25) is 17.7 Å². The number of amides is 3. The standard InChI is InChI=1S/C20H23N5O3/c1-11(2)25-17-13(9-22-25)8-14(10-21-17)23-18(26)12(3)24-19(27)15-6-4-5-7-16(15)20(24)28/h4-5,8-12,15-16H,6-7H2,1-3H3,(H,23,26)/t12-,15-,16-/m1/s1. The van der Waals surface area contributed by atoms with E-state index in [0.29, 0.717) is 18.5 Å². The SMILES string of the molecule is CC(C)n1ncc2cc(NC(=O)[C@@H](C)N3C(=O)[C@@H]4CC=CC[C@H]4C3=O)cnc21. The Balaban J connectivity index is 1.51. The minimum Gasteiger partial charge on any atom is -0.323 e. The lowest BCUT2D eigenvalue weighted by atomic mass is 9.85. The summed E-state index contributed by atoms with van der Waals surface area (Å²) in [7, 11) is 0. The van der Waals surface area contributed by atoms with Crippen molar-refractivity contribution in [1.29, 1.82) is 0 Å². The molecule has 4 rings (SSSR count). The Morgan fingerprint density at radius 2 is 1.75 bits per heavy atom. The van der Waals surface area contributed by atoms with Crippen LogP contribution >= 0.6 is 0 Å². The average molecular weight is 381 g/mol. The largest absolute Gasteiger partial charge is 0.323 e. The van der Waals surface area contributed by atoms with Crippen molar-refractivity contribution in [3.05, 3.63) is 30.6 Å². The Morgan fingerprint density at radius 3 is 2.36 bits per heavy atom. The van der Waals surface area contributed by atoms with Crippen molar-refractivity contribution in [3.8, 4) is 0 Å². The van der Waals surface area contributed by atoms with Gasteiger partial charge in [0.25, 0.3) is 0 Å². The monoisotopic (exact) mass is 381 g/mol.